The molecule has 0 spiro atoms. The summed E-state index contributed by atoms with van der Waals surface area (Å²) in [6, 6.07) is 5.51. The van der Waals surface area contributed by atoms with Gasteiger partial charge in [-0.3, -0.25) is 4.68 Å². The number of fused-ring (bicyclic) bond motifs is 1. The fraction of sp³-hybridized carbons (Fsp3) is 0.250. The second kappa shape index (κ2) is 4.69. The molecule has 7 nitrogen and oxygen atoms in total. The standard InChI is InChI=1S/C12H13N5O2/c1-18-9-3-2-4-10-11(9)14-12(19-10)8-7-17(6-5-13)16-15-8/h2-4,7H,5-6,13H2,1H3. The van der Waals surface area contributed by atoms with Gasteiger partial charge in [-0.15, -0.1) is 5.10 Å². The van der Waals surface area contributed by atoms with Crippen molar-refractivity contribution >= 4 is 11.1 Å². The molecule has 2 N–H and O–H groups in total. The minimum absolute atomic E-state index is 0.419. The molecule has 2 heterocycles. The first-order valence-corrected chi connectivity index (χ1v) is 5.86. The number of nitrogens with two attached hydrogens (primary N) is 1. The van der Waals surface area contributed by atoms with Gasteiger partial charge in [-0.25, -0.2) is 4.98 Å². The number of aromatic nitrogens is 4. The van der Waals surface area contributed by atoms with Gasteiger partial charge >= 0.3 is 0 Å². The third-order valence-corrected chi connectivity index (χ3v) is 2.72. The van der Waals surface area contributed by atoms with Crippen LogP contribution in [0.4, 0.5) is 0 Å². The summed E-state index contributed by atoms with van der Waals surface area (Å²) in [7, 11) is 1.60. The van der Waals surface area contributed by atoms with E-state index in [4.69, 9.17) is 14.9 Å². The number of para-hydroxylation sites is 1. The quantitative estimate of drug-likeness (QED) is 0.753. The van der Waals surface area contributed by atoms with E-state index in [1.807, 2.05) is 18.2 Å². The van der Waals surface area contributed by atoms with Crippen molar-refractivity contribution in [2.75, 3.05) is 13.7 Å². The summed E-state index contributed by atoms with van der Waals surface area (Å²) in [5.74, 6) is 1.09. The number of methoxy groups -OCH3 is 1. The molecule has 0 atom stereocenters. The molecule has 0 unspecified atom stereocenters. The zero-order valence-corrected chi connectivity index (χ0v) is 10.4. The molecule has 7 heteroatoms. The highest BCUT2D eigenvalue weighted by atomic mass is 16.5. The van der Waals surface area contributed by atoms with E-state index in [9.17, 15) is 0 Å². The lowest BCUT2D eigenvalue weighted by Gasteiger charge is -1.96. The van der Waals surface area contributed by atoms with Gasteiger partial charge in [0.05, 0.1) is 19.9 Å². The van der Waals surface area contributed by atoms with Crippen molar-refractivity contribution in [2.24, 2.45) is 5.73 Å². The van der Waals surface area contributed by atoms with Crippen LogP contribution in [-0.2, 0) is 6.54 Å². The first-order valence-electron chi connectivity index (χ1n) is 5.86. The third kappa shape index (κ3) is 2.04. The predicted octanol–water partition coefficient (Wildman–Crippen LogP) is 1.05. The van der Waals surface area contributed by atoms with Crippen molar-refractivity contribution in [2.45, 2.75) is 6.54 Å². The van der Waals surface area contributed by atoms with Gasteiger partial charge in [0.1, 0.15) is 5.75 Å². The van der Waals surface area contributed by atoms with Crippen LogP contribution in [0.5, 0.6) is 5.75 Å². The highest BCUT2D eigenvalue weighted by Gasteiger charge is 2.14. The van der Waals surface area contributed by atoms with Crippen molar-refractivity contribution in [3.05, 3.63) is 24.4 Å². The van der Waals surface area contributed by atoms with E-state index in [-0.39, 0.29) is 0 Å². The van der Waals surface area contributed by atoms with Crippen molar-refractivity contribution in [1.29, 1.82) is 0 Å². The molecule has 0 radical (unpaired) electrons. The Morgan fingerprint density at radius 1 is 1.42 bits per heavy atom. The lowest BCUT2D eigenvalue weighted by Crippen LogP contribution is -2.10. The van der Waals surface area contributed by atoms with Gasteiger partial charge in [-0.2, -0.15) is 0 Å². The van der Waals surface area contributed by atoms with Crippen LogP contribution >= 0.6 is 0 Å². The second-order valence-corrected chi connectivity index (χ2v) is 3.98. The van der Waals surface area contributed by atoms with E-state index in [1.165, 1.54) is 0 Å². The minimum Gasteiger partial charge on any atom is -0.494 e. The maximum atomic E-state index is 5.65. The molecule has 0 fully saturated rings. The second-order valence-electron chi connectivity index (χ2n) is 3.98. The summed E-state index contributed by atoms with van der Waals surface area (Å²) in [5.41, 5.74) is 7.37. The van der Waals surface area contributed by atoms with Crippen LogP contribution < -0.4 is 10.5 Å². The van der Waals surface area contributed by atoms with E-state index in [0.29, 0.717) is 41.5 Å². The fourth-order valence-electron chi connectivity index (χ4n) is 1.84. The molecule has 2 aromatic heterocycles. The van der Waals surface area contributed by atoms with Crippen LogP contribution in [0.15, 0.2) is 28.8 Å². The van der Waals surface area contributed by atoms with Gasteiger partial charge in [0.15, 0.2) is 16.8 Å². The Morgan fingerprint density at radius 2 is 2.32 bits per heavy atom. The Bertz CT molecular complexity index is 703. The average Bonchev–Trinajstić information content (AvgIpc) is 3.04. The molecule has 3 aromatic rings. The van der Waals surface area contributed by atoms with E-state index < -0.39 is 0 Å². The zero-order valence-electron chi connectivity index (χ0n) is 10.4. The van der Waals surface area contributed by atoms with Gasteiger partial charge in [-0.1, -0.05) is 11.3 Å². The monoisotopic (exact) mass is 259 g/mol. The Morgan fingerprint density at radius 3 is 3.11 bits per heavy atom. The molecule has 3 rings (SSSR count). The SMILES string of the molecule is COc1cccc2oc(-c3cn(CCN)nn3)nc12. The summed E-state index contributed by atoms with van der Waals surface area (Å²) in [4.78, 5) is 4.39. The highest BCUT2D eigenvalue weighted by molar-refractivity contribution is 5.81. The Kier molecular flexibility index (Phi) is 2.88. The lowest BCUT2D eigenvalue weighted by atomic mass is 10.3. The number of oxazole rings is 1. The molecule has 0 aliphatic rings. The Labute approximate surface area is 109 Å². The van der Waals surface area contributed by atoms with Crippen LogP contribution in [0.3, 0.4) is 0 Å². The third-order valence-electron chi connectivity index (χ3n) is 2.72. The number of benzene rings is 1. The molecule has 98 valence electrons. The number of hydrogen-bond acceptors (Lipinski definition) is 6. The van der Waals surface area contributed by atoms with Crippen molar-refractivity contribution in [1.82, 2.24) is 20.0 Å². The normalized spacial score (nSPS) is 11.1. The molecule has 19 heavy (non-hydrogen) atoms. The molecule has 0 aliphatic carbocycles. The Balaban J connectivity index is 2.04. The van der Waals surface area contributed by atoms with Crippen LogP contribution in [0.2, 0.25) is 0 Å². The first-order chi connectivity index (χ1) is 9.31. The molecule has 0 saturated heterocycles. The summed E-state index contributed by atoms with van der Waals surface area (Å²) in [5, 5.41) is 7.97. The molecule has 0 saturated carbocycles. The zero-order chi connectivity index (χ0) is 13.2. The van der Waals surface area contributed by atoms with E-state index in [0.717, 1.165) is 0 Å². The fourth-order valence-corrected chi connectivity index (χ4v) is 1.84. The van der Waals surface area contributed by atoms with E-state index in [2.05, 4.69) is 15.3 Å². The summed E-state index contributed by atoms with van der Waals surface area (Å²) in [6.07, 6.45) is 1.75. The molecular weight excluding hydrogens is 246 g/mol. The molecule has 0 bridgehead atoms. The molecule has 1 aromatic carbocycles. The smallest absolute Gasteiger partial charge is 0.249 e. The highest BCUT2D eigenvalue weighted by Crippen LogP contribution is 2.28. The van der Waals surface area contributed by atoms with Gasteiger partial charge in [-0.05, 0) is 12.1 Å². The largest absolute Gasteiger partial charge is 0.494 e. The number of hydrogen-bond donors (Lipinski definition) is 1. The first kappa shape index (κ1) is 11.7. The van der Waals surface area contributed by atoms with Gasteiger partial charge in [0.2, 0.25) is 5.89 Å². The summed E-state index contributed by atoms with van der Waals surface area (Å²) < 4.78 is 12.5. The van der Waals surface area contributed by atoms with Crippen LogP contribution in [0.1, 0.15) is 0 Å². The average molecular weight is 259 g/mol. The van der Waals surface area contributed by atoms with Crippen LogP contribution in [-0.4, -0.2) is 33.6 Å². The maximum Gasteiger partial charge on any atom is 0.249 e. The minimum atomic E-state index is 0.419. The summed E-state index contributed by atoms with van der Waals surface area (Å²) >= 11 is 0. The molecular formula is C12H13N5O2. The Hall–Kier alpha value is -2.41. The van der Waals surface area contributed by atoms with Gasteiger partial charge in [0, 0.05) is 6.54 Å². The van der Waals surface area contributed by atoms with Gasteiger partial charge in [0.25, 0.3) is 0 Å². The lowest BCUT2D eigenvalue weighted by molar-refractivity contribution is 0.419. The topological polar surface area (TPSA) is 92.0 Å². The van der Waals surface area contributed by atoms with Crippen LogP contribution in [0.25, 0.3) is 22.7 Å². The molecule has 0 amide bonds. The number of rotatable bonds is 4. The van der Waals surface area contributed by atoms with Crippen molar-refractivity contribution < 1.29 is 9.15 Å². The number of nitrogens with zero attached hydrogens (tertiary/aromatic N) is 4. The predicted molar refractivity (Wildman–Crippen MR) is 68.6 cm³/mol. The van der Waals surface area contributed by atoms with E-state index in [1.54, 1.807) is 18.0 Å². The van der Waals surface area contributed by atoms with Crippen molar-refractivity contribution in [3.8, 4) is 17.3 Å². The number of ether oxygens (including phenoxy) is 1. The maximum absolute atomic E-state index is 5.65. The van der Waals surface area contributed by atoms with E-state index >= 15 is 0 Å². The van der Waals surface area contributed by atoms with Crippen LogP contribution in [0, 0.1) is 0 Å². The summed E-state index contributed by atoms with van der Waals surface area (Å²) in [6.45, 7) is 1.11. The van der Waals surface area contributed by atoms with Crippen molar-refractivity contribution in [3.63, 3.8) is 0 Å². The molecule has 0 aliphatic heterocycles. The van der Waals surface area contributed by atoms with Gasteiger partial charge < -0.3 is 14.9 Å².